The SMILES string of the molecule is COCC(C)(C)NC(=O)C1(OC)CCNCC1. The molecule has 0 unspecified atom stereocenters. The molecule has 1 aliphatic rings. The van der Waals surface area contributed by atoms with Crippen molar-refractivity contribution in [3.63, 3.8) is 0 Å². The molecule has 0 aromatic rings. The Bertz CT molecular complexity index is 260. The summed E-state index contributed by atoms with van der Waals surface area (Å²) in [5.74, 6) is -0.0384. The number of carbonyl (C=O) groups excluding carboxylic acids is 1. The summed E-state index contributed by atoms with van der Waals surface area (Å²) in [6, 6.07) is 0. The molecule has 0 atom stereocenters. The first-order chi connectivity index (χ1) is 7.96. The molecule has 1 heterocycles. The second-order valence-electron chi connectivity index (χ2n) is 5.22. The third-order valence-electron chi connectivity index (χ3n) is 3.17. The molecule has 2 N–H and O–H groups in total. The van der Waals surface area contributed by atoms with Gasteiger partial charge in [0.05, 0.1) is 12.1 Å². The van der Waals surface area contributed by atoms with E-state index in [0.29, 0.717) is 19.4 Å². The lowest BCUT2D eigenvalue weighted by molar-refractivity contribution is -0.149. The van der Waals surface area contributed by atoms with Gasteiger partial charge in [-0.2, -0.15) is 0 Å². The quantitative estimate of drug-likeness (QED) is 0.730. The van der Waals surface area contributed by atoms with Gasteiger partial charge in [-0.25, -0.2) is 0 Å². The first-order valence-electron chi connectivity index (χ1n) is 6.03. The van der Waals surface area contributed by atoms with E-state index >= 15 is 0 Å². The van der Waals surface area contributed by atoms with E-state index < -0.39 is 5.60 Å². The zero-order valence-electron chi connectivity index (χ0n) is 11.3. The van der Waals surface area contributed by atoms with Gasteiger partial charge in [-0.1, -0.05) is 0 Å². The molecule has 5 heteroatoms. The highest BCUT2D eigenvalue weighted by molar-refractivity contribution is 5.86. The number of hydrogen-bond donors (Lipinski definition) is 2. The zero-order chi connectivity index (χ0) is 12.9. The Morgan fingerprint density at radius 1 is 1.35 bits per heavy atom. The van der Waals surface area contributed by atoms with E-state index in [1.54, 1.807) is 14.2 Å². The number of amides is 1. The maximum atomic E-state index is 12.3. The molecule has 1 aliphatic heterocycles. The van der Waals surface area contributed by atoms with Crippen LogP contribution in [-0.4, -0.2) is 51.0 Å². The van der Waals surface area contributed by atoms with Crippen LogP contribution in [0.3, 0.4) is 0 Å². The number of piperidine rings is 1. The van der Waals surface area contributed by atoms with Crippen LogP contribution in [0.25, 0.3) is 0 Å². The monoisotopic (exact) mass is 244 g/mol. The smallest absolute Gasteiger partial charge is 0.252 e. The Morgan fingerprint density at radius 3 is 2.41 bits per heavy atom. The van der Waals surface area contributed by atoms with Crippen molar-refractivity contribution in [2.45, 2.75) is 37.8 Å². The molecule has 0 aromatic carbocycles. The van der Waals surface area contributed by atoms with Gasteiger partial charge in [0.1, 0.15) is 5.60 Å². The Labute approximate surface area is 103 Å². The number of rotatable bonds is 5. The molecule has 0 aliphatic carbocycles. The standard InChI is InChI=1S/C12H24N2O3/c1-11(2,9-16-3)14-10(15)12(17-4)5-7-13-8-6-12/h13H,5-9H2,1-4H3,(H,14,15). The minimum atomic E-state index is -0.684. The van der Waals surface area contributed by atoms with E-state index in [1.165, 1.54) is 0 Å². The summed E-state index contributed by atoms with van der Waals surface area (Å²) in [5.41, 5.74) is -1.06. The predicted molar refractivity (Wildman–Crippen MR) is 65.9 cm³/mol. The second-order valence-corrected chi connectivity index (χ2v) is 5.22. The number of carbonyl (C=O) groups is 1. The molecule has 1 rings (SSSR count). The molecule has 1 fully saturated rings. The van der Waals surface area contributed by atoms with Crippen molar-refractivity contribution >= 4 is 5.91 Å². The van der Waals surface area contributed by atoms with Crippen LogP contribution in [0, 0.1) is 0 Å². The molecule has 5 nitrogen and oxygen atoms in total. The highest BCUT2D eigenvalue weighted by atomic mass is 16.5. The summed E-state index contributed by atoms with van der Waals surface area (Å²) in [6.07, 6.45) is 1.41. The molecule has 0 saturated carbocycles. The van der Waals surface area contributed by atoms with Crippen LogP contribution >= 0.6 is 0 Å². The van der Waals surface area contributed by atoms with E-state index in [2.05, 4.69) is 10.6 Å². The molecule has 0 aromatic heterocycles. The van der Waals surface area contributed by atoms with Gasteiger partial charge < -0.3 is 20.1 Å². The molecular formula is C12H24N2O3. The summed E-state index contributed by atoms with van der Waals surface area (Å²) in [4.78, 5) is 12.3. The number of methoxy groups -OCH3 is 2. The zero-order valence-corrected chi connectivity index (χ0v) is 11.3. The lowest BCUT2D eigenvalue weighted by Crippen LogP contribution is -2.59. The molecule has 1 saturated heterocycles. The lowest BCUT2D eigenvalue weighted by Gasteiger charge is -2.37. The third kappa shape index (κ3) is 3.66. The largest absolute Gasteiger partial charge is 0.382 e. The first-order valence-corrected chi connectivity index (χ1v) is 6.03. The molecular weight excluding hydrogens is 220 g/mol. The van der Waals surface area contributed by atoms with E-state index in [4.69, 9.17) is 9.47 Å². The molecule has 0 bridgehead atoms. The van der Waals surface area contributed by atoms with Crippen molar-refractivity contribution in [1.82, 2.24) is 10.6 Å². The highest BCUT2D eigenvalue weighted by Crippen LogP contribution is 2.23. The molecule has 0 radical (unpaired) electrons. The van der Waals surface area contributed by atoms with Crippen LogP contribution in [0.1, 0.15) is 26.7 Å². The van der Waals surface area contributed by atoms with Crippen LogP contribution in [0.2, 0.25) is 0 Å². The summed E-state index contributed by atoms with van der Waals surface area (Å²) >= 11 is 0. The Hall–Kier alpha value is -0.650. The topological polar surface area (TPSA) is 59.6 Å². The molecule has 0 spiro atoms. The van der Waals surface area contributed by atoms with E-state index in [0.717, 1.165) is 13.1 Å². The van der Waals surface area contributed by atoms with Crippen LogP contribution in [-0.2, 0) is 14.3 Å². The Balaban J connectivity index is 2.66. The number of hydrogen-bond acceptors (Lipinski definition) is 4. The maximum Gasteiger partial charge on any atom is 0.252 e. The van der Waals surface area contributed by atoms with Gasteiger partial charge in [0.2, 0.25) is 0 Å². The third-order valence-corrected chi connectivity index (χ3v) is 3.17. The van der Waals surface area contributed by atoms with Crippen LogP contribution in [0.5, 0.6) is 0 Å². The van der Waals surface area contributed by atoms with Crippen LogP contribution in [0.15, 0.2) is 0 Å². The number of ether oxygens (including phenoxy) is 2. The summed E-state index contributed by atoms with van der Waals surface area (Å²) in [7, 11) is 3.23. The molecule has 17 heavy (non-hydrogen) atoms. The van der Waals surface area contributed by atoms with Gasteiger partial charge in [0, 0.05) is 14.2 Å². The highest BCUT2D eigenvalue weighted by Gasteiger charge is 2.41. The van der Waals surface area contributed by atoms with E-state index in [9.17, 15) is 4.79 Å². The van der Waals surface area contributed by atoms with Crippen molar-refractivity contribution in [2.24, 2.45) is 0 Å². The average molecular weight is 244 g/mol. The van der Waals surface area contributed by atoms with Crippen molar-refractivity contribution in [3.05, 3.63) is 0 Å². The van der Waals surface area contributed by atoms with Crippen LogP contribution in [0.4, 0.5) is 0 Å². The van der Waals surface area contributed by atoms with Gasteiger partial charge in [0.15, 0.2) is 0 Å². The van der Waals surface area contributed by atoms with E-state index in [-0.39, 0.29) is 11.4 Å². The maximum absolute atomic E-state index is 12.3. The fourth-order valence-corrected chi connectivity index (χ4v) is 2.17. The average Bonchev–Trinajstić information content (AvgIpc) is 2.29. The minimum absolute atomic E-state index is 0.0384. The molecule has 1 amide bonds. The lowest BCUT2D eigenvalue weighted by atomic mass is 9.90. The van der Waals surface area contributed by atoms with Gasteiger partial charge in [-0.3, -0.25) is 4.79 Å². The van der Waals surface area contributed by atoms with Crippen LogP contribution < -0.4 is 10.6 Å². The summed E-state index contributed by atoms with van der Waals surface area (Å²) < 4.78 is 10.6. The fourth-order valence-electron chi connectivity index (χ4n) is 2.17. The summed E-state index contributed by atoms with van der Waals surface area (Å²) in [5, 5.41) is 6.23. The molecule has 100 valence electrons. The van der Waals surface area contributed by atoms with Gasteiger partial charge in [-0.15, -0.1) is 0 Å². The second kappa shape index (κ2) is 5.80. The van der Waals surface area contributed by atoms with Gasteiger partial charge >= 0.3 is 0 Å². The Morgan fingerprint density at radius 2 is 1.94 bits per heavy atom. The van der Waals surface area contributed by atoms with Gasteiger partial charge in [0.25, 0.3) is 5.91 Å². The fraction of sp³-hybridized carbons (Fsp3) is 0.917. The minimum Gasteiger partial charge on any atom is -0.382 e. The van der Waals surface area contributed by atoms with Crippen molar-refractivity contribution in [2.75, 3.05) is 33.9 Å². The number of nitrogens with one attached hydrogen (secondary N) is 2. The Kier molecular flexibility index (Phi) is 4.91. The van der Waals surface area contributed by atoms with Crippen molar-refractivity contribution in [3.8, 4) is 0 Å². The van der Waals surface area contributed by atoms with E-state index in [1.807, 2.05) is 13.8 Å². The first kappa shape index (κ1) is 14.4. The normalized spacial score (nSPS) is 20.0. The van der Waals surface area contributed by atoms with Crippen molar-refractivity contribution < 1.29 is 14.3 Å². The predicted octanol–water partition coefficient (Wildman–Crippen LogP) is 0.296. The van der Waals surface area contributed by atoms with Gasteiger partial charge in [-0.05, 0) is 39.8 Å². The van der Waals surface area contributed by atoms with Crippen molar-refractivity contribution in [1.29, 1.82) is 0 Å². The summed E-state index contributed by atoms with van der Waals surface area (Å²) in [6.45, 7) is 5.99.